The van der Waals surface area contributed by atoms with Crippen LogP contribution in [0.1, 0.15) is 21.5 Å². The minimum absolute atomic E-state index is 0.249. The van der Waals surface area contributed by atoms with Crippen LogP contribution in [0.15, 0.2) is 42.5 Å². The van der Waals surface area contributed by atoms with E-state index in [9.17, 15) is 4.79 Å². The number of nitrogens with zero attached hydrogens (tertiary/aromatic N) is 1. The SMILES string of the molecule is Cc1cccc(C(=O)Nc2cc(C#N)ccc2Cl)c1. The van der Waals surface area contributed by atoms with E-state index in [4.69, 9.17) is 16.9 Å². The highest BCUT2D eigenvalue weighted by molar-refractivity contribution is 6.34. The lowest BCUT2D eigenvalue weighted by Gasteiger charge is -2.08. The number of halogens is 1. The molecule has 0 saturated carbocycles. The largest absolute Gasteiger partial charge is 0.321 e. The Labute approximate surface area is 116 Å². The minimum Gasteiger partial charge on any atom is -0.321 e. The number of hydrogen-bond donors (Lipinski definition) is 1. The average molecular weight is 271 g/mol. The van der Waals surface area contributed by atoms with E-state index in [2.05, 4.69) is 5.32 Å². The molecule has 0 heterocycles. The molecule has 2 aromatic rings. The molecule has 0 spiro atoms. The number of nitriles is 1. The average Bonchev–Trinajstić information content (AvgIpc) is 2.41. The first kappa shape index (κ1) is 13.1. The molecule has 4 heteroatoms. The number of hydrogen-bond acceptors (Lipinski definition) is 2. The van der Waals surface area contributed by atoms with Gasteiger partial charge in [0.25, 0.3) is 5.91 Å². The lowest BCUT2D eigenvalue weighted by atomic mass is 10.1. The molecule has 0 aliphatic heterocycles. The summed E-state index contributed by atoms with van der Waals surface area (Å²) in [6.45, 7) is 1.92. The molecule has 0 bridgehead atoms. The first-order chi connectivity index (χ1) is 9.10. The van der Waals surface area contributed by atoms with Gasteiger partial charge in [0.15, 0.2) is 0 Å². The molecule has 0 atom stereocenters. The molecule has 0 fully saturated rings. The molecule has 0 unspecified atom stereocenters. The predicted octanol–water partition coefficient (Wildman–Crippen LogP) is 3.77. The van der Waals surface area contributed by atoms with Crippen molar-refractivity contribution in [2.75, 3.05) is 5.32 Å². The highest BCUT2D eigenvalue weighted by atomic mass is 35.5. The fourth-order valence-corrected chi connectivity index (χ4v) is 1.84. The van der Waals surface area contributed by atoms with Crippen LogP contribution < -0.4 is 5.32 Å². The second-order valence-electron chi connectivity index (χ2n) is 4.13. The van der Waals surface area contributed by atoms with Gasteiger partial charge >= 0.3 is 0 Å². The predicted molar refractivity (Wildman–Crippen MR) is 75.3 cm³/mol. The molecule has 0 aliphatic carbocycles. The topological polar surface area (TPSA) is 52.9 Å². The second kappa shape index (κ2) is 5.55. The molecule has 0 aromatic heterocycles. The normalized spacial score (nSPS) is 9.74. The number of benzene rings is 2. The molecular weight excluding hydrogens is 260 g/mol. The van der Waals surface area contributed by atoms with Gasteiger partial charge in [0.05, 0.1) is 22.3 Å². The van der Waals surface area contributed by atoms with Crippen LogP contribution in [-0.4, -0.2) is 5.91 Å². The van der Waals surface area contributed by atoms with E-state index in [0.717, 1.165) is 5.56 Å². The molecule has 94 valence electrons. The lowest BCUT2D eigenvalue weighted by molar-refractivity contribution is 0.102. The van der Waals surface area contributed by atoms with Crippen molar-refractivity contribution in [2.24, 2.45) is 0 Å². The maximum Gasteiger partial charge on any atom is 0.255 e. The van der Waals surface area contributed by atoms with Crippen LogP contribution in [0.4, 0.5) is 5.69 Å². The van der Waals surface area contributed by atoms with Gasteiger partial charge in [0, 0.05) is 5.56 Å². The molecule has 2 aromatic carbocycles. The van der Waals surface area contributed by atoms with E-state index in [-0.39, 0.29) is 5.91 Å². The summed E-state index contributed by atoms with van der Waals surface area (Å²) in [5.74, 6) is -0.249. The van der Waals surface area contributed by atoms with Crippen LogP contribution >= 0.6 is 11.6 Å². The van der Waals surface area contributed by atoms with Crippen LogP contribution in [-0.2, 0) is 0 Å². The number of aryl methyl sites for hydroxylation is 1. The number of carbonyl (C=O) groups excluding carboxylic acids is 1. The Hall–Kier alpha value is -2.31. The van der Waals surface area contributed by atoms with E-state index in [1.165, 1.54) is 0 Å². The smallest absolute Gasteiger partial charge is 0.255 e. The van der Waals surface area contributed by atoms with Crippen LogP contribution in [0.25, 0.3) is 0 Å². The van der Waals surface area contributed by atoms with Crippen molar-refractivity contribution >= 4 is 23.2 Å². The van der Waals surface area contributed by atoms with Crippen molar-refractivity contribution in [1.29, 1.82) is 5.26 Å². The zero-order valence-electron chi connectivity index (χ0n) is 10.3. The van der Waals surface area contributed by atoms with Crippen molar-refractivity contribution in [3.63, 3.8) is 0 Å². The van der Waals surface area contributed by atoms with Crippen molar-refractivity contribution in [3.05, 3.63) is 64.2 Å². The number of amides is 1. The number of rotatable bonds is 2. The molecular formula is C15H11ClN2O. The molecule has 0 aliphatic rings. The van der Waals surface area contributed by atoms with E-state index >= 15 is 0 Å². The molecule has 1 amide bonds. The Kier molecular flexibility index (Phi) is 3.84. The minimum atomic E-state index is -0.249. The Morgan fingerprint density at radius 3 is 2.74 bits per heavy atom. The van der Waals surface area contributed by atoms with Crippen molar-refractivity contribution < 1.29 is 4.79 Å². The summed E-state index contributed by atoms with van der Waals surface area (Å²) in [7, 11) is 0. The molecule has 19 heavy (non-hydrogen) atoms. The van der Waals surface area contributed by atoms with Crippen molar-refractivity contribution in [1.82, 2.24) is 0 Å². The summed E-state index contributed by atoms with van der Waals surface area (Å²) < 4.78 is 0. The van der Waals surface area contributed by atoms with E-state index in [1.54, 1.807) is 30.3 Å². The highest BCUT2D eigenvalue weighted by Gasteiger charge is 2.09. The van der Waals surface area contributed by atoms with Gasteiger partial charge in [-0.05, 0) is 37.3 Å². The Morgan fingerprint density at radius 2 is 2.05 bits per heavy atom. The quantitative estimate of drug-likeness (QED) is 0.903. The Bertz CT molecular complexity index is 674. The van der Waals surface area contributed by atoms with Crippen LogP contribution in [0, 0.1) is 18.3 Å². The standard InChI is InChI=1S/C15H11ClN2O/c1-10-3-2-4-12(7-10)15(19)18-14-8-11(9-17)5-6-13(14)16/h2-8H,1H3,(H,18,19). The zero-order chi connectivity index (χ0) is 13.8. The molecule has 2 rings (SSSR count). The van der Waals surface area contributed by atoms with Gasteiger partial charge in [0.2, 0.25) is 0 Å². The Balaban J connectivity index is 2.27. The van der Waals surface area contributed by atoms with Gasteiger partial charge < -0.3 is 5.32 Å². The molecule has 0 saturated heterocycles. The van der Waals surface area contributed by atoms with E-state index in [0.29, 0.717) is 21.8 Å². The highest BCUT2D eigenvalue weighted by Crippen LogP contribution is 2.23. The third-order valence-corrected chi connectivity index (χ3v) is 2.95. The lowest BCUT2D eigenvalue weighted by Crippen LogP contribution is -2.12. The second-order valence-corrected chi connectivity index (χ2v) is 4.54. The summed E-state index contributed by atoms with van der Waals surface area (Å²) in [5.41, 5.74) is 2.44. The maximum absolute atomic E-state index is 12.1. The first-order valence-electron chi connectivity index (χ1n) is 5.68. The maximum atomic E-state index is 12.1. The molecule has 3 nitrogen and oxygen atoms in total. The van der Waals surface area contributed by atoms with Crippen molar-refractivity contribution in [3.8, 4) is 6.07 Å². The molecule has 1 N–H and O–H groups in total. The van der Waals surface area contributed by atoms with Gasteiger partial charge in [0.1, 0.15) is 0 Å². The Morgan fingerprint density at radius 1 is 1.26 bits per heavy atom. The van der Waals surface area contributed by atoms with E-state index in [1.807, 2.05) is 25.1 Å². The van der Waals surface area contributed by atoms with Crippen LogP contribution in [0.3, 0.4) is 0 Å². The third kappa shape index (κ3) is 3.12. The number of nitrogens with one attached hydrogen (secondary N) is 1. The van der Waals surface area contributed by atoms with E-state index < -0.39 is 0 Å². The van der Waals surface area contributed by atoms with Gasteiger partial charge in [-0.25, -0.2) is 0 Å². The summed E-state index contributed by atoms with van der Waals surface area (Å²) in [4.78, 5) is 12.1. The van der Waals surface area contributed by atoms with Gasteiger partial charge in [-0.3, -0.25) is 4.79 Å². The zero-order valence-corrected chi connectivity index (χ0v) is 11.0. The molecule has 0 radical (unpaired) electrons. The third-order valence-electron chi connectivity index (χ3n) is 2.62. The summed E-state index contributed by atoms with van der Waals surface area (Å²) >= 11 is 5.99. The fraction of sp³-hybridized carbons (Fsp3) is 0.0667. The van der Waals surface area contributed by atoms with Gasteiger partial charge in [-0.2, -0.15) is 5.26 Å². The number of anilines is 1. The first-order valence-corrected chi connectivity index (χ1v) is 6.05. The monoisotopic (exact) mass is 270 g/mol. The van der Waals surface area contributed by atoms with Crippen LogP contribution in [0.5, 0.6) is 0 Å². The number of carbonyl (C=O) groups is 1. The van der Waals surface area contributed by atoms with Gasteiger partial charge in [-0.1, -0.05) is 29.3 Å². The summed E-state index contributed by atoms with van der Waals surface area (Å²) in [5, 5.41) is 11.9. The summed E-state index contributed by atoms with van der Waals surface area (Å²) in [6, 6.07) is 14.0. The van der Waals surface area contributed by atoms with Gasteiger partial charge in [-0.15, -0.1) is 0 Å². The van der Waals surface area contributed by atoms with Crippen LogP contribution in [0.2, 0.25) is 5.02 Å². The summed E-state index contributed by atoms with van der Waals surface area (Å²) in [6.07, 6.45) is 0. The van der Waals surface area contributed by atoms with Crippen molar-refractivity contribution in [2.45, 2.75) is 6.92 Å². The fourth-order valence-electron chi connectivity index (χ4n) is 1.67.